The van der Waals surface area contributed by atoms with Gasteiger partial charge in [0.15, 0.2) is 0 Å². The van der Waals surface area contributed by atoms with Crippen LogP contribution in [0.15, 0.2) is 53.0 Å². The van der Waals surface area contributed by atoms with Gasteiger partial charge in [-0.2, -0.15) is 0 Å². The highest BCUT2D eigenvalue weighted by Crippen LogP contribution is 2.39. The molecule has 4 aromatic rings. The lowest BCUT2D eigenvalue weighted by molar-refractivity contribution is 0.186. The quantitative estimate of drug-likeness (QED) is 0.398. The zero-order valence-corrected chi connectivity index (χ0v) is 16.4. The number of H-pyrrole nitrogens is 1. The third-order valence-corrected chi connectivity index (χ3v) is 5.10. The molecule has 0 spiro atoms. The van der Waals surface area contributed by atoms with Gasteiger partial charge in [0, 0.05) is 6.07 Å². The number of carbonyl (C=O) groups excluding carboxylic acids is 1. The largest absolute Gasteiger partial charge is 0.455 e. The van der Waals surface area contributed by atoms with Crippen molar-refractivity contribution in [1.82, 2.24) is 9.97 Å². The van der Waals surface area contributed by atoms with E-state index >= 15 is 0 Å². The molecule has 27 heavy (non-hydrogen) atoms. The Labute approximate surface area is 167 Å². The van der Waals surface area contributed by atoms with Crippen molar-refractivity contribution in [3.05, 3.63) is 58.0 Å². The standard InChI is InChI=1S/C19H13BrClN3O3/c1-26-19(25)24-18-22-13-8-12(21)16(9-14(13)23-18)27-15-7-6-10-4-2-3-5-11(10)17(15)20/h2-9H,1H3,(H2,22,23,24,25). The SMILES string of the molecule is COC(=O)Nc1nc2cc(Oc3ccc4ccccc4c3Br)c(Cl)cc2[nH]1. The van der Waals surface area contributed by atoms with Gasteiger partial charge >= 0.3 is 6.09 Å². The van der Waals surface area contributed by atoms with Crippen LogP contribution in [0.25, 0.3) is 21.8 Å². The summed E-state index contributed by atoms with van der Waals surface area (Å²) in [6.45, 7) is 0. The third kappa shape index (κ3) is 3.43. The lowest BCUT2D eigenvalue weighted by atomic mass is 10.1. The molecule has 0 aliphatic carbocycles. The molecule has 0 saturated heterocycles. The zero-order chi connectivity index (χ0) is 19.0. The first-order valence-corrected chi connectivity index (χ1v) is 9.11. The van der Waals surface area contributed by atoms with E-state index in [-0.39, 0.29) is 5.95 Å². The van der Waals surface area contributed by atoms with E-state index in [0.29, 0.717) is 27.6 Å². The Balaban J connectivity index is 1.70. The Morgan fingerprint density at radius 3 is 2.81 bits per heavy atom. The molecule has 1 amide bonds. The highest BCUT2D eigenvalue weighted by molar-refractivity contribution is 9.10. The van der Waals surface area contributed by atoms with E-state index in [2.05, 4.69) is 36.0 Å². The van der Waals surface area contributed by atoms with Crippen LogP contribution in [0, 0.1) is 0 Å². The fourth-order valence-electron chi connectivity index (χ4n) is 2.71. The van der Waals surface area contributed by atoms with Crippen molar-refractivity contribution < 1.29 is 14.3 Å². The van der Waals surface area contributed by atoms with Crippen molar-refractivity contribution in [1.29, 1.82) is 0 Å². The maximum absolute atomic E-state index is 11.3. The molecule has 0 atom stereocenters. The third-order valence-electron chi connectivity index (χ3n) is 3.99. The van der Waals surface area contributed by atoms with E-state index in [1.165, 1.54) is 7.11 Å². The minimum absolute atomic E-state index is 0.261. The number of nitrogens with one attached hydrogen (secondary N) is 2. The maximum Gasteiger partial charge on any atom is 0.413 e. The molecular weight excluding hydrogens is 434 g/mol. The number of hydrogen-bond donors (Lipinski definition) is 2. The zero-order valence-electron chi connectivity index (χ0n) is 14.0. The van der Waals surface area contributed by atoms with Crippen LogP contribution in [0.3, 0.4) is 0 Å². The number of aromatic amines is 1. The minimum Gasteiger partial charge on any atom is -0.455 e. The van der Waals surface area contributed by atoms with Gasteiger partial charge in [-0.3, -0.25) is 5.32 Å². The molecule has 4 rings (SSSR count). The normalized spacial score (nSPS) is 10.9. The molecular formula is C19H13BrClN3O3. The van der Waals surface area contributed by atoms with Crippen LogP contribution in [-0.2, 0) is 4.74 Å². The average molecular weight is 447 g/mol. The maximum atomic E-state index is 11.3. The molecule has 1 heterocycles. The number of benzene rings is 3. The van der Waals surface area contributed by atoms with Gasteiger partial charge in [-0.05, 0) is 38.8 Å². The second-order valence-corrected chi connectivity index (χ2v) is 6.90. The van der Waals surface area contributed by atoms with Crippen molar-refractivity contribution in [2.24, 2.45) is 0 Å². The molecule has 0 bridgehead atoms. The summed E-state index contributed by atoms with van der Waals surface area (Å²) in [4.78, 5) is 18.6. The molecule has 0 aliphatic heterocycles. The molecule has 0 aliphatic rings. The monoisotopic (exact) mass is 445 g/mol. The van der Waals surface area contributed by atoms with E-state index in [1.807, 2.05) is 36.4 Å². The summed E-state index contributed by atoms with van der Waals surface area (Å²) in [6, 6.07) is 15.2. The van der Waals surface area contributed by atoms with E-state index in [9.17, 15) is 4.79 Å². The number of ether oxygens (including phenoxy) is 2. The van der Waals surface area contributed by atoms with Crippen LogP contribution in [0.4, 0.5) is 10.7 Å². The number of aromatic nitrogens is 2. The van der Waals surface area contributed by atoms with Gasteiger partial charge in [-0.15, -0.1) is 0 Å². The number of amides is 1. The molecule has 6 nitrogen and oxygen atoms in total. The molecule has 0 unspecified atom stereocenters. The van der Waals surface area contributed by atoms with Crippen LogP contribution in [0.5, 0.6) is 11.5 Å². The molecule has 0 fully saturated rings. The van der Waals surface area contributed by atoms with E-state index < -0.39 is 6.09 Å². The average Bonchev–Trinajstić information content (AvgIpc) is 3.05. The molecule has 0 radical (unpaired) electrons. The summed E-state index contributed by atoms with van der Waals surface area (Å²) >= 11 is 9.97. The van der Waals surface area contributed by atoms with Crippen LogP contribution in [0.1, 0.15) is 0 Å². The molecule has 1 aromatic heterocycles. The Morgan fingerprint density at radius 2 is 2.00 bits per heavy atom. The fraction of sp³-hybridized carbons (Fsp3) is 0.0526. The number of nitrogens with zero attached hydrogens (tertiary/aromatic N) is 1. The van der Waals surface area contributed by atoms with Gasteiger partial charge in [-0.1, -0.05) is 41.9 Å². The minimum atomic E-state index is -0.614. The predicted molar refractivity (Wildman–Crippen MR) is 109 cm³/mol. The fourth-order valence-corrected chi connectivity index (χ4v) is 3.48. The number of rotatable bonds is 3. The number of halogens is 2. The van der Waals surface area contributed by atoms with Crippen LogP contribution in [0.2, 0.25) is 5.02 Å². The van der Waals surface area contributed by atoms with Crippen molar-refractivity contribution in [3.8, 4) is 11.5 Å². The van der Waals surface area contributed by atoms with Crippen LogP contribution >= 0.6 is 27.5 Å². The number of fused-ring (bicyclic) bond motifs is 2. The highest BCUT2D eigenvalue weighted by Gasteiger charge is 2.13. The van der Waals surface area contributed by atoms with E-state index in [4.69, 9.17) is 16.3 Å². The number of imidazole rings is 1. The van der Waals surface area contributed by atoms with E-state index in [0.717, 1.165) is 15.2 Å². The lowest BCUT2D eigenvalue weighted by Gasteiger charge is -2.11. The summed E-state index contributed by atoms with van der Waals surface area (Å²) in [5.41, 5.74) is 1.26. The van der Waals surface area contributed by atoms with E-state index in [1.54, 1.807) is 12.1 Å². The second-order valence-electron chi connectivity index (χ2n) is 5.70. The number of carbonyl (C=O) groups is 1. The molecule has 136 valence electrons. The molecule has 0 saturated carbocycles. The summed E-state index contributed by atoms with van der Waals surface area (Å²) in [7, 11) is 1.28. The van der Waals surface area contributed by atoms with Gasteiger partial charge in [0.2, 0.25) is 5.95 Å². The summed E-state index contributed by atoms with van der Waals surface area (Å²) in [5.74, 6) is 1.35. The van der Waals surface area contributed by atoms with Gasteiger partial charge in [0.1, 0.15) is 11.5 Å². The topological polar surface area (TPSA) is 76.2 Å². The molecule has 3 aromatic carbocycles. The van der Waals surface area contributed by atoms with Gasteiger partial charge < -0.3 is 14.5 Å². The smallest absolute Gasteiger partial charge is 0.413 e. The molecule has 8 heteroatoms. The Kier molecular flexibility index (Phi) is 4.63. The Hall–Kier alpha value is -2.77. The van der Waals surface area contributed by atoms with Crippen molar-refractivity contribution in [3.63, 3.8) is 0 Å². The first kappa shape index (κ1) is 17.6. The number of hydrogen-bond acceptors (Lipinski definition) is 4. The van der Waals surface area contributed by atoms with Gasteiger partial charge in [-0.25, -0.2) is 9.78 Å². The van der Waals surface area contributed by atoms with Crippen molar-refractivity contribution in [2.75, 3.05) is 12.4 Å². The lowest BCUT2D eigenvalue weighted by Crippen LogP contribution is -2.11. The van der Waals surface area contributed by atoms with Gasteiger partial charge in [0.05, 0.1) is 27.6 Å². The highest BCUT2D eigenvalue weighted by atomic mass is 79.9. The Bertz CT molecular complexity index is 1180. The molecule has 2 N–H and O–H groups in total. The van der Waals surface area contributed by atoms with Crippen LogP contribution < -0.4 is 10.1 Å². The second kappa shape index (κ2) is 7.09. The summed E-state index contributed by atoms with van der Waals surface area (Å²) in [5, 5.41) is 5.03. The Morgan fingerprint density at radius 1 is 1.19 bits per heavy atom. The van der Waals surface area contributed by atoms with Crippen molar-refractivity contribution >= 4 is 61.4 Å². The summed E-state index contributed by atoms with van der Waals surface area (Å²) in [6.07, 6.45) is -0.614. The van der Waals surface area contributed by atoms with Gasteiger partial charge in [0.25, 0.3) is 0 Å². The predicted octanol–water partition coefficient (Wildman–Crippen LogP) is 6.10. The first-order chi connectivity index (χ1) is 13.0. The number of anilines is 1. The first-order valence-electron chi connectivity index (χ1n) is 7.94. The van der Waals surface area contributed by atoms with Crippen LogP contribution in [-0.4, -0.2) is 23.2 Å². The summed E-state index contributed by atoms with van der Waals surface area (Å²) < 4.78 is 11.4. The number of methoxy groups -OCH3 is 1. The van der Waals surface area contributed by atoms with Crippen molar-refractivity contribution in [2.45, 2.75) is 0 Å².